The molecule has 0 saturated carbocycles. The Bertz CT molecular complexity index is 569. The Balaban J connectivity index is 2.40. The molecular formula is C14H12FNO2. The first-order valence-corrected chi connectivity index (χ1v) is 5.43. The average Bonchev–Trinajstić information content (AvgIpc) is 2.38. The van der Waals surface area contributed by atoms with E-state index in [-0.39, 0.29) is 5.56 Å². The van der Waals surface area contributed by atoms with Gasteiger partial charge in [-0.15, -0.1) is 0 Å². The number of hydrogen-bond acceptors (Lipinski definition) is 2. The quantitative estimate of drug-likeness (QED) is 0.873. The fraction of sp³-hybridized carbons (Fsp3) is 0.0714. The summed E-state index contributed by atoms with van der Waals surface area (Å²) >= 11 is 0. The van der Waals surface area contributed by atoms with E-state index in [4.69, 9.17) is 10.8 Å². The largest absolute Gasteiger partial charge is 0.480 e. The van der Waals surface area contributed by atoms with Gasteiger partial charge in [0.1, 0.15) is 11.9 Å². The molecule has 0 heterocycles. The lowest BCUT2D eigenvalue weighted by Gasteiger charge is -2.09. The molecule has 0 radical (unpaired) electrons. The second kappa shape index (κ2) is 4.98. The molecule has 2 aromatic carbocycles. The second-order valence-electron chi connectivity index (χ2n) is 3.92. The van der Waals surface area contributed by atoms with Gasteiger partial charge >= 0.3 is 5.97 Å². The summed E-state index contributed by atoms with van der Waals surface area (Å²) in [6.45, 7) is 0. The molecule has 0 saturated heterocycles. The summed E-state index contributed by atoms with van der Waals surface area (Å²) in [6.07, 6.45) is 0. The van der Waals surface area contributed by atoms with Crippen molar-refractivity contribution in [2.24, 2.45) is 5.73 Å². The highest BCUT2D eigenvalue weighted by Gasteiger charge is 2.16. The Hall–Kier alpha value is -2.20. The summed E-state index contributed by atoms with van der Waals surface area (Å²) in [5.74, 6) is -1.66. The molecule has 3 N–H and O–H groups in total. The van der Waals surface area contributed by atoms with E-state index >= 15 is 0 Å². The van der Waals surface area contributed by atoms with Crippen LogP contribution in [0.5, 0.6) is 0 Å². The average molecular weight is 245 g/mol. The SMILES string of the molecule is N[C@H](C(=O)O)c1ccc(-c2ccccc2)c(F)c1. The lowest BCUT2D eigenvalue weighted by Crippen LogP contribution is -2.20. The predicted octanol–water partition coefficient (Wildman–Crippen LogP) is 2.58. The van der Waals surface area contributed by atoms with Crippen LogP contribution >= 0.6 is 0 Å². The Labute approximate surface area is 104 Å². The molecule has 4 heteroatoms. The highest BCUT2D eigenvalue weighted by molar-refractivity contribution is 5.76. The number of carbonyl (C=O) groups is 1. The van der Waals surface area contributed by atoms with Crippen molar-refractivity contribution >= 4 is 5.97 Å². The minimum atomic E-state index is -1.20. The first-order valence-electron chi connectivity index (χ1n) is 5.43. The Kier molecular flexibility index (Phi) is 3.39. The van der Waals surface area contributed by atoms with E-state index in [0.717, 1.165) is 5.56 Å². The second-order valence-corrected chi connectivity index (χ2v) is 3.92. The molecule has 0 fully saturated rings. The van der Waals surface area contributed by atoms with Gasteiger partial charge in [-0.05, 0) is 17.2 Å². The van der Waals surface area contributed by atoms with Crippen molar-refractivity contribution < 1.29 is 14.3 Å². The molecule has 0 unspecified atom stereocenters. The monoisotopic (exact) mass is 245 g/mol. The van der Waals surface area contributed by atoms with Crippen molar-refractivity contribution in [3.63, 3.8) is 0 Å². The van der Waals surface area contributed by atoms with Crippen molar-refractivity contribution in [1.29, 1.82) is 0 Å². The van der Waals surface area contributed by atoms with Gasteiger partial charge in [-0.2, -0.15) is 0 Å². The summed E-state index contributed by atoms with van der Waals surface area (Å²) in [5, 5.41) is 8.77. The van der Waals surface area contributed by atoms with Crippen LogP contribution in [0.25, 0.3) is 11.1 Å². The van der Waals surface area contributed by atoms with Crippen molar-refractivity contribution in [1.82, 2.24) is 0 Å². The van der Waals surface area contributed by atoms with Crippen LogP contribution in [0.15, 0.2) is 48.5 Å². The number of halogens is 1. The highest BCUT2D eigenvalue weighted by atomic mass is 19.1. The molecule has 0 spiro atoms. The first-order chi connectivity index (χ1) is 8.59. The molecule has 0 aliphatic carbocycles. The maximum atomic E-state index is 13.9. The third-order valence-electron chi connectivity index (χ3n) is 2.70. The molecule has 18 heavy (non-hydrogen) atoms. The van der Waals surface area contributed by atoms with E-state index in [1.165, 1.54) is 12.1 Å². The number of benzene rings is 2. The van der Waals surface area contributed by atoms with Crippen LogP contribution in [0.3, 0.4) is 0 Å². The molecule has 2 rings (SSSR count). The molecule has 1 atom stereocenters. The third-order valence-corrected chi connectivity index (χ3v) is 2.70. The number of carboxylic acid groups (broad SMARTS) is 1. The maximum Gasteiger partial charge on any atom is 0.325 e. The summed E-state index contributed by atoms with van der Waals surface area (Å²) in [5.41, 5.74) is 6.85. The van der Waals surface area contributed by atoms with Gasteiger partial charge in [-0.1, -0.05) is 42.5 Å². The van der Waals surface area contributed by atoms with E-state index in [9.17, 15) is 9.18 Å². The normalized spacial score (nSPS) is 12.1. The number of hydrogen-bond donors (Lipinski definition) is 2. The van der Waals surface area contributed by atoms with Gasteiger partial charge in [-0.25, -0.2) is 4.39 Å². The molecule has 2 aromatic rings. The van der Waals surface area contributed by atoms with Gasteiger partial charge in [0.15, 0.2) is 0 Å². The van der Waals surface area contributed by atoms with Gasteiger partial charge in [0.25, 0.3) is 0 Å². The number of nitrogens with two attached hydrogens (primary N) is 1. The highest BCUT2D eigenvalue weighted by Crippen LogP contribution is 2.25. The molecule has 0 bridgehead atoms. The predicted molar refractivity (Wildman–Crippen MR) is 66.4 cm³/mol. The van der Waals surface area contributed by atoms with Gasteiger partial charge in [0.05, 0.1) is 0 Å². The lowest BCUT2D eigenvalue weighted by atomic mass is 10.0. The number of carboxylic acids is 1. The zero-order valence-electron chi connectivity index (χ0n) is 9.51. The van der Waals surface area contributed by atoms with Crippen molar-refractivity contribution in [2.75, 3.05) is 0 Å². The number of aliphatic carboxylic acids is 1. The molecule has 3 nitrogen and oxygen atoms in total. The Morgan fingerprint density at radius 3 is 2.39 bits per heavy atom. The summed E-state index contributed by atoms with van der Waals surface area (Å²) < 4.78 is 13.9. The topological polar surface area (TPSA) is 63.3 Å². The van der Waals surface area contributed by atoms with Gasteiger partial charge in [0, 0.05) is 5.56 Å². The lowest BCUT2D eigenvalue weighted by molar-refractivity contribution is -0.138. The molecule has 0 aromatic heterocycles. The minimum Gasteiger partial charge on any atom is -0.480 e. The van der Waals surface area contributed by atoms with Crippen molar-refractivity contribution in [2.45, 2.75) is 6.04 Å². The molecule has 0 aliphatic rings. The third kappa shape index (κ3) is 2.38. The van der Waals surface area contributed by atoms with E-state index in [0.29, 0.717) is 5.56 Å². The number of rotatable bonds is 3. The van der Waals surface area contributed by atoms with Crippen LogP contribution < -0.4 is 5.73 Å². The van der Waals surface area contributed by atoms with Crippen LogP contribution in [-0.2, 0) is 4.79 Å². The molecular weight excluding hydrogens is 233 g/mol. The molecule has 0 amide bonds. The van der Waals surface area contributed by atoms with Gasteiger partial charge in [-0.3, -0.25) is 4.79 Å². The zero-order chi connectivity index (χ0) is 13.1. The van der Waals surface area contributed by atoms with E-state index in [2.05, 4.69) is 0 Å². The van der Waals surface area contributed by atoms with Crippen LogP contribution in [0, 0.1) is 5.82 Å². The summed E-state index contributed by atoms with van der Waals surface area (Å²) in [7, 11) is 0. The molecule has 0 aliphatic heterocycles. The summed E-state index contributed by atoms with van der Waals surface area (Å²) in [6, 6.07) is 12.1. The fourth-order valence-electron chi connectivity index (χ4n) is 1.72. The van der Waals surface area contributed by atoms with Crippen LogP contribution in [0.4, 0.5) is 4.39 Å². The van der Waals surface area contributed by atoms with Crippen molar-refractivity contribution in [3.8, 4) is 11.1 Å². The Morgan fingerprint density at radius 2 is 1.83 bits per heavy atom. The standard InChI is InChI=1S/C14H12FNO2/c15-12-8-10(13(16)14(17)18)6-7-11(12)9-4-2-1-3-5-9/h1-8,13H,16H2,(H,17,18)/t13-/m0/s1. The Morgan fingerprint density at radius 1 is 1.17 bits per heavy atom. The fourth-order valence-corrected chi connectivity index (χ4v) is 1.72. The van der Waals surface area contributed by atoms with Crippen LogP contribution in [0.2, 0.25) is 0 Å². The van der Waals surface area contributed by atoms with E-state index < -0.39 is 17.8 Å². The van der Waals surface area contributed by atoms with E-state index in [1.807, 2.05) is 18.2 Å². The zero-order valence-corrected chi connectivity index (χ0v) is 9.51. The van der Waals surface area contributed by atoms with Gasteiger partial charge < -0.3 is 10.8 Å². The van der Waals surface area contributed by atoms with Crippen LogP contribution in [0.1, 0.15) is 11.6 Å². The smallest absolute Gasteiger partial charge is 0.325 e. The first kappa shape index (κ1) is 12.3. The van der Waals surface area contributed by atoms with Crippen molar-refractivity contribution in [3.05, 3.63) is 59.9 Å². The molecule has 92 valence electrons. The minimum absolute atomic E-state index is 0.250. The maximum absolute atomic E-state index is 13.9. The van der Waals surface area contributed by atoms with Gasteiger partial charge in [0.2, 0.25) is 0 Å². The van der Waals surface area contributed by atoms with E-state index in [1.54, 1.807) is 18.2 Å². The summed E-state index contributed by atoms with van der Waals surface area (Å²) in [4.78, 5) is 10.7. The van der Waals surface area contributed by atoms with Crippen LogP contribution in [-0.4, -0.2) is 11.1 Å².